The first kappa shape index (κ1) is 15.0. The van der Waals surface area contributed by atoms with E-state index >= 15 is 0 Å². The summed E-state index contributed by atoms with van der Waals surface area (Å²) in [6.45, 7) is 0.677. The predicted molar refractivity (Wildman–Crippen MR) is 81.5 cm³/mol. The lowest BCUT2D eigenvalue weighted by Crippen LogP contribution is -2.28. The lowest BCUT2D eigenvalue weighted by Gasteiger charge is -2.21. The Morgan fingerprint density at radius 1 is 1.27 bits per heavy atom. The summed E-state index contributed by atoms with van der Waals surface area (Å²) in [5.41, 5.74) is 0.416. The number of fused-ring (bicyclic) bond motifs is 2. The Morgan fingerprint density at radius 2 is 2.09 bits per heavy atom. The Balaban J connectivity index is 1.50. The normalized spacial score (nSPS) is 26.0. The third-order valence-electron chi connectivity index (χ3n) is 5.06. The lowest BCUT2D eigenvalue weighted by molar-refractivity contribution is 0.0594. The first-order valence-electron chi connectivity index (χ1n) is 8.01. The zero-order valence-corrected chi connectivity index (χ0v) is 12.9. The number of aromatic nitrogens is 1. The highest BCUT2D eigenvalue weighted by molar-refractivity contribution is 5.94. The molecule has 1 N–H and O–H groups in total. The minimum Gasteiger partial charge on any atom is -0.464 e. The quantitative estimate of drug-likeness (QED) is 0.848. The van der Waals surface area contributed by atoms with Gasteiger partial charge in [-0.05, 0) is 55.6 Å². The number of rotatable bonds is 5. The molecule has 118 valence electrons. The molecule has 0 radical (unpaired) electrons. The molecule has 2 aliphatic carbocycles. The van der Waals surface area contributed by atoms with Crippen LogP contribution in [0.3, 0.4) is 0 Å². The first-order valence-corrected chi connectivity index (χ1v) is 8.01. The van der Waals surface area contributed by atoms with Gasteiger partial charge >= 0.3 is 5.97 Å². The fourth-order valence-corrected chi connectivity index (χ4v) is 3.97. The van der Waals surface area contributed by atoms with Gasteiger partial charge in [0.15, 0.2) is 0 Å². The highest BCUT2D eigenvalue weighted by atomic mass is 16.5. The molecule has 1 heterocycles. The summed E-state index contributed by atoms with van der Waals surface area (Å²) in [5.74, 6) is 1.82. The summed E-state index contributed by atoms with van der Waals surface area (Å²) in [7, 11) is 1.30. The van der Waals surface area contributed by atoms with Crippen LogP contribution in [0.1, 0.15) is 53.1 Å². The van der Waals surface area contributed by atoms with E-state index in [1.807, 2.05) is 0 Å². The van der Waals surface area contributed by atoms with E-state index in [0.29, 0.717) is 6.54 Å². The summed E-state index contributed by atoms with van der Waals surface area (Å²) < 4.78 is 4.61. The Labute approximate surface area is 130 Å². The molecule has 3 rings (SSSR count). The number of pyridine rings is 1. The number of hydrogen-bond acceptors (Lipinski definition) is 4. The summed E-state index contributed by atoms with van der Waals surface area (Å²) in [6.07, 6.45) is 6.53. The third kappa shape index (κ3) is 3.13. The molecule has 2 fully saturated rings. The summed E-state index contributed by atoms with van der Waals surface area (Å²) in [6, 6.07) is 4.79. The molecule has 22 heavy (non-hydrogen) atoms. The number of esters is 1. The van der Waals surface area contributed by atoms with Gasteiger partial charge in [0.1, 0.15) is 11.4 Å². The van der Waals surface area contributed by atoms with E-state index < -0.39 is 5.97 Å². The lowest BCUT2D eigenvalue weighted by atomic mass is 9.86. The molecule has 0 aromatic carbocycles. The van der Waals surface area contributed by atoms with Crippen molar-refractivity contribution in [3.8, 4) is 0 Å². The highest BCUT2D eigenvalue weighted by Gasteiger charge is 2.38. The van der Waals surface area contributed by atoms with Gasteiger partial charge in [-0.2, -0.15) is 0 Å². The average Bonchev–Trinajstić information content (AvgIpc) is 3.17. The second-order valence-corrected chi connectivity index (χ2v) is 6.38. The molecular weight excluding hydrogens is 280 g/mol. The van der Waals surface area contributed by atoms with Crippen molar-refractivity contribution in [2.24, 2.45) is 17.8 Å². The van der Waals surface area contributed by atoms with E-state index in [2.05, 4.69) is 15.0 Å². The van der Waals surface area contributed by atoms with Gasteiger partial charge in [0, 0.05) is 6.54 Å². The van der Waals surface area contributed by atoms with Crippen molar-refractivity contribution >= 4 is 11.9 Å². The van der Waals surface area contributed by atoms with Crippen molar-refractivity contribution < 1.29 is 14.3 Å². The van der Waals surface area contributed by atoms with E-state index in [1.54, 1.807) is 12.1 Å². The number of carbonyl (C=O) groups is 2. The molecule has 2 aliphatic rings. The van der Waals surface area contributed by atoms with E-state index in [0.717, 1.165) is 24.2 Å². The maximum atomic E-state index is 12.1. The number of ether oxygens (including phenoxy) is 1. The number of methoxy groups -OCH3 is 1. The van der Waals surface area contributed by atoms with E-state index in [-0.39, 0.29) is 17.3 Å². The number of hydrogen-bond donors (Lipinski definition) is 1. The minimum absolute atomic E-state index is 0.156. The van der Waals surface area contributed by atoms with E-state index in [9.17, 15) is 9.59 Å². The van der Waals surface area contributed by atoms with Crippen LogP contribution in [0.2, 0.25) is 0 Å². The van der Waals surface area contributed by atoms with Gasteiger partial charge in [-0.25, -0.2) is 9.78 Å². The standard InChI is InChI=1S/C17H22N2O3/c1-22-17(21)15-4-2-3-14(19-15)16(20)18-8-7-13-10-11-5-6-12(13)9-11/h2-4,11-13H,5-10H2,1H3,(H,18,20)/t11-,12-,13+/m0/s1. The fourth-order valence-electron chi connectivity index (χ4n) is 3.97. The van der Waals surface area contributed by atoms with Crippen molar-refractivity contribution in [2.45, 2.75) is 32.1 Å². The van der Waals surface area contributed by atoms with Gasteiger partial charge in [-0.3, -0.25) is 4.79 Å². The molecule has 1 aromatic heterocycles. The van der Waals surface area contributed by atoms with Crippen LogP contribution < -0.4 is 5.32 Å². The zero-order valence-electron chi connectivity index (χ0n) is 12.9. The molecule has 2 saturated carbocycles. The van der Waals surface area contributed by atoms with Crippen molar-refractivity contribution in [2.75, 3.05) is 13.7 Å². The van der Waals surface area contributed by atoms with Crippen LogP contribution in [0.5, 0.6) is 0 Å². The van der Waals surface area contributed by atoms with Gasteiger partial charge in [0.05, 0.1) is 7.11 Å². The molecule has 1 amide bonds. The van der Waals surface area contributed by atoms with Crippen molar-refractivity contribution in [1.29, 1.82) is 0 Å². The molecule has 5 heteroatoms. The maximum absolute atomic E-state index is 12.1. The van der Waals surface area contributed by atoms with Gasteiger partial charge in [-0.15, -0.1) is 0 Å². The summed E-state index contributed by atoms with van der Waals surface area (Å²) in [5, 5.41) is 2.92. The van der Waals surface area contributed by atoms with Crippen LogP contribution in [0.25, 0.3) is 0 Å². The summed E-state index contributed by atoms with van der Waals surface area (Å²) >= 11 is 0. The van der Waals surface area contributed by atoms with Gasteiger partial charge in [0.25, 0.3) is 5.91 Å². The van der Waals surface area contributed by atoms with Crippen LogP contribution in [-0.4, -0.2) is 30.5 Å². The van der Waals surface area contributed by atoms with E-state index in [1.165, 1.54) is 38.9 Å². The van der Waals surface area contributed by atoms with Gasteiger partial charge < -0.3 is 10.1 Å². The van der Waals surface area contributed by atoms with Crippen LogP contribution in [0.15, 0.2) is 18.2 Å². The average molecular weight is 302 g/mol. The third-order valence-corrected chi connectivity index (χ3v) is 5.06. The van der Waals surface area contributed by atoms with Crippen molar-refractivity contribution in [3.05, 3.63) is 29.6 Å². The maximum Gasteiger partial charge on any atom is 0.356 e. The SMILES string of the molecule is COC(=O)c1cccc(C(=O)NCC[C@@H]2C[C@H]3CC[C@H]2C3)n1. The number of amides is 1. The van der Waals surface area contributed by atoms with Crippen molar-refractivity contribution in [3.63, 3.8) is 0 Å². The Hall–Kier alpha value is -1.91. The van der Waals surface area contributed by atoms with Crippen molar-refractivity contribution in [1.82, 2.24) is 10.3 Å². The molecular formula is C17H22N2O3. The van der Waals surface area contributed by atoms with Crippen LogP contribution >= 0.6 is 0 Å². The monoisotopic (exact) mass is 302 g/mol. The first-order chi connectivity index (χ1) is 10.7. The molecule has 0 aliphatic heterocycles. The molecule has 3 atom stereocenters. The Kier molecular flexibility index (Phi) is 4.41. The summed E-state index contributed by atoms with van der Waals surface area (Å²) in [4.78, 5) is 27.6. The molecule has 0 unspecified atom stereocenters. The molecule has 5 nitrogen and oxygen atoms in total. The number of nitrogens with zero attached hydrogens (tertiary/aromatic N) is 1. The zero-order chi connectivity index (χ0) is 15.5. The molecule has 2 bridgehead atoms. The predicted octanol–water partition coefficient (Wildman–Crippen LogP) is 2.42. The smallest absolute Gasteiger partial charge is 0.356 e. The Bertz CT molecular complexity index is 573. The van der Waals surface area contributed by atoms with Gasteiger partial charge in [0.2, 0.25) is 0 Å². The number of carbonyl (C=O) groups excluding carboxylic acids is 2. The largest absolute Gasteiger partial charge is 0.464 e. The van der Waals surface area contributed by atoms with E-state index in [4.69, 9.17) is 0 Å². The molecule has 0 saturated heterocycles. The van der Waals surface area contributed by atoms with Crippen LogP contribution in [-0.2, 0) is 4.74 Å². The molecule has 0 spiro atoms. The fraction of sp³-hybridized carbons (Fsp3) is 0.588. The topological polar surface area (TPSA) is 68.3 Å². The van der Waals surface area contributed by atoms with Gasteiger partial charge in [-0.1, -0.05) is 12.5 Å². The van der Waals surface area contributed by atoms with Crippen LogP contribution in [0.4, 0.5) is 0 Å². The Morgan fingerprint density at radius 3 is 2.77 bits per heavy atom. The molecule has 1 aromatic rings. The van der Waals surface area contributed by atoms with Crippen LogP contribution in [0, 0.1) is 17.8 Å². The second kappa shape index (κ2) is 6.46. The number of nitrogens with one attached hydrogen (secondary N) is 1. The second-order valence-electron chi connectivity index (χ2n) is 6.38. The minimum atomic E-state index is -0.531. The highest BCUT2D eigenvalue weighted by Crippen LogP contribution is 2.49.